The average Bonchev–Trinajstić information content (AvgIpc) is 3.15. The van der Waals surface area contributed by atoms with Gasteiger partial charge in [0.1, 0.15) is 18.2 Å². The van der Waals surface area contributed by atoms with Crippen molar-refractivity contribution < 1.29 is 37.7 Å². The SMILES string of the molecule is COC(=O)c1nc([C@H](CC(=O)OCc2ccccc2)NC(=O)OC(C)(C)C)oc1OC. The molecule has 2 rings (SSSR count). The van der Waals surface area contributed by atoms with Crippen LogP contribution >= 0.6 is 0 Å². The maximum Gasteiger partial charge on any atom is 0.408 e. The lowest BCUT2D eigenvalue weighted by Crippen LogP contribution is -2.36. The van der Waals surface area contributed by atoms with Crippen LogP contribution in [0, 0.1) is 0 Å². The van der Waals surface area contributed by atoms with E-state index < -0.39 is 29.7 Å². The van der Waals surface area contributed by atoms with Crippen LogP contribution in [0.4, 0.5) is 4.79 Å². The third-order valence-electron chi connectivity index (χ3n) is 3.78. The summed E-state index contributed by atoms with van der Waals surface area (Å²) in [6.07, 6.45) is -1.12. The Balaban J connectivity index is 2.20. The molecule has 0 saturated heterocycles. The van der Waals surface area contributed by atoms with E-state index in [1.54, 1.807) is 20.8 Å². The number of benzene rings is 1. The number of aromatic nitrogens is 1. The van der Waals surface area contributed by atoms with Crippen molar-refractivity contribution in [1.82, 2.24) is 10.3 Å². The molecule has 168 valence electrons. The van der Waals surface area contributed by atoms with Gasteiger partial charge in [0, 0.05) is 0 Å². The van der Waals surface area contributed by atoms with E-state index in [2.05, 4.69) is 15.0 Å². The summed E-state index contributed by atoms with van der Waals surface area (Å²) in [6, 6.07) is 8.04. The zero-order chi connectivity index (χ0) is 23.0. The minimum atomic E-state index is -1.08. The summed E-state index contributed by atoms with van der Waals surface area (Å²) in [7, 11) is 2.45. The molecule has 0 unspecified atom stereocenters. The molecular weight excluding hydrogens is 408 g/mol. The van der Waals surface area contributed by atoms with Gasteiger partial charge in [-0.1, -0.05) is 30.3 Å². The molecule has 0 spiro atoms. The number of methoxy groups -OCH3 is 2. The van der Waals surface area contributed by atoms with E-state index in [0.29, 0.717) is 0 Å². The first-order chi connectivity index (χ1) is 14.6. The molecule has 0 saturated carbocycles. The summed E-state index contributed by atoms with van der Waals surface area (Å²) in [5, 5.41) is 2.51. The van der Waals surface area contributed by atoms with Crippen LogP contribution in [0.3, 0.4) is 0 Å². The summed E-state index contributed by atoms with van der Waals surface area (Å²) in [5.41, 5.74) is -0.194. The molecule has 10 heteroatoms. The Morgan fingerprint density at radius 1 is 1.13 bits per heavy atom. The standard InChI is InChI=1S/C21H26N2O8/c1-21(2,3)31-20(26)22-14(11-15(24)29-12-13-9-7-6-8-10-13)17-23-16(18(25)27-4)19(28-5)30-17/h6-10,14H,11-12H2,1-5H3,(H,22,26)/t14-/m0/s1. The van der Waals surface area contributed by atoms with Crippen molar-refractivity contribution >= 4 is 18.0 Å². The maximum absolute atomic E-state index is 12.4. The molecule has 1 heterocycles. The number of ether oxygens (including phenoxy) is 4. The summed E-state index contributed by atoms with van der Waals surface area (Å²) in [6.45, 7) is 5.14. The summed E-state index contributed by atoms with van der Waals surface area (Å²) in [4.78, 5) is 40.6. The largest absolute Gasteiger partial charge is 0.467 e. The molecule has 1 aromatic heterocycles. The van der Waals surface area contributed by atoms with Crippen LogP contribution in [0.1, 0.15) is 55.2 Å². The van der Waals surface area contributed by atoms with Crippen molar-refractivity contribution in [3.63, 3.8) is 0 Å². The van der Waals surface area contributed by atoms with Crippen molar-refractivity contribution in [1.29, 1.82) is 0 Å². The van der Waals surface area contributed by atoms with Gasteiger partial charge in [0.2, 0.25) is 11.6 Å². The predicted molar refractivity (Wildman–Crippen MR) is 107 cm³/mol. The van der Waals surface area contributed by atoms with Crippen molar-refractivity contribution in [2.75, 3.05) is 14.2 Å². The highest BCUT2D eigenvalue weighted by molar-refractivity contribution is 5.89. The van der Waals surface area contributed by atoms with Gasteiger partial charge >= 0.3 is 24.0 Å². The molecule has 1 N–H and O–H groups in total. The first kappa shape index (κ1) is 23.7. The number of carbonyl (C=O) groups is 3. The molecule has 2 aromatic rings. The molecule has 1 amide bonds. The lowest BCUT2D eigenvalue weighted by atomic mass is 10.2. The molecule has 0 aliphatic rings. The second kappa shape index (κ2) is 10.5. The lowest BCUT2D eigenvalue weighted by Gasteiger charge is -2.22. The van der Waals surface area contributed by atoms with Gasteiger partial charge in [-0.05, 0) is 26.3 Å². The van der Waals surface area contributed by atoms with Gasteiger partial charge in [0.15, 0.2) is 0 Å². The van der Waals surface area contributed by atoms with E-state index in [-0.39, 0.29) is 30.6 Å². The second-order valence-corrected chi connectivity index (χ2v) is 7.43. The fourth-order valence-corrected chi connectivity index (χ4v) is 2.45. The molecule has 31 heavy (non-hydrogen) atoms. The van der Waals surface area contributed by atoms with E-state index in [0.717, 1.165) is 5.56 Å². The van der Waals surface area contributed by atoms with Crippen LogP contribution < -0.4 is 10.1 Å². The van der Waals surface area contributed by atoms with Gasteiger partial charge < -0.3 is 28.7 Å². The molecule has 0 bridgehead atoms. The first-order valence-corrected chi connectivity index (χ1v) is 9.45. The number of rotatable bonds is 8. The number of alkyl carbamates (subject to hydrolysis) is 1. The maximum atomic E-state index is 12.4. The topological polar surface area (TPSA) is 126 Å². The molecule has 0 radical (unpaired) electrons. The van der Waals surface area contributed by atoms with Crippen molar-refractivity contribution in [2.45, 2.75) is 45.4 Å². The van der Waals surface area contributed by atoms with Crippen molar-refractivity contribution in [2.24, 2.45) is 0 Å². The Bertz CT molecular complexity index is 902. The van der Waals surface area contributed by atoms with Gasteiger partial charge in [0.25, 0.3) is 0 Å². The van der Waals surface area contributed by atoms with Crippen LogP contribution in [0.15, 0.2) is 34.7 Å². The van der Waals surface area contributed by atoms with Crippen LogP contribution in [-0.2, 0) is 25.6 Å². The second-order valence-electron chi connectivity index (χ2n) is 7.43. The summed E-state index contributed by atoms with van der Waals surface area (Å²) in [5.74, 6) is -1.77. The van der Waals surface area contributed by atoms with Crippen LogP contribution in [0.25, 0.3) is 0 Å². The fourth-order valence-electron chi connectivity index (χ4n) is 2.45. The molecule has 0 aliphatic carbocycles. The summed E-state index contributed by atoms with van der Waals surface area (Å²) < 4.78 is 25.6. The average molecular weight is 434 g/mol. The fraction of sp³-hybridized carbons (Fsp3) is 0.429. The highest BCUT2D eigenvalue weighted by Crippen LogP contribution is 2.27. The quantitative estimate of drug-likeness (QED) is 0.492. The highest BCUT2D eigenvalue weighted by Gasteiger charge is 2.30. The zero-order valence-corrected chi connectivity index (χ0v) is 18.1. The highest BCUT2D eigenvalue weighted by atomic mass is 16.6. The number of esters is 2. The molecule has 1 aromatic carbocycles. The van der Waals surface area contributed by atoms with Gasteiger partial charge in [-0.15, -0.1) is 0 Å². The molecule has 1 atom stereocenters. The monoisotopic (exact) mass is 434 g/mol. The predicted octanol–water partition coefficient (Wildman–Crippen LogP) is 3.17. The number of nitrogens with one attached hydrogen (secondary N) is 1. The van der Waals surface area contributed by atoms with Crippen LogP contribution in [0.2, 0.25) is 0 Å². The van der Waals surface area contributed by atoms with E-state index >= 15 is 0 Å². The molecule has 10 nitrogen and oxygen atoms in total. The van der Waals surface area contributed by atoms with E-state index in [9.17, 15) is 14.4 Å². The van der Waals surface area contributed by atoms with E-state index in [1.165, 1.54) is 14.2 Å². The number of nitrogens with zero attached hydrogens (tertiary/aromatic N) is 1. The van der Waals surface area contributed by atoms with Crippen molar-refractivity contribution in [3.8, 4) is 5.95 Å². The molecular formula is C21H26N2O8. The number of hydrogen-bond donors (Lipinski definition) is 1. The van der Waals surface area contributed by atoms with E-state index in [1.807, 2.05) is 30.3 Å². The smallest absolute Gasteiger partial charge is 0.408 e. The minimum Gasteiger partial charge on any atom is -0.467 e. The number of oxazole rings is 1. The Morgan fingerprint density at radius 3 is 2.39 bits per heavy atom. The van der Waals surface area contributed by atoms with Gasteiger partial charge in [0.05, 0.1) is 20.6 Å². The van der Waals surface area contributed by atoms with Crippen molar-refractivity contribution in [3.05, 3.63) is 47.5 Å². The zero-order valence-electron chi connectivity index (χ0n) is 18.1. The molecule has 0 fully saturated rings. The van der Waals surface area contributed by atoms with E-state index in [4.69, 9.17) is 18.6 Å². The number of amides is 1. The minimum absolute atomic E-state index is 0.0567. The summed E-state index contributed by atoms with van der Waals surface area (Å²) >= 11 is 0. The third-order valence-corrected chi connectivity index (χ3v) is 3.78. The number of carbonyl (C=O) groups excluding carboxylic acids is 3. The lowest BCUT2D eigenvalue weighted by molar-refractivity contribution is -0.145. The normalized spacial score (nSPS) is 11.9. The van der Waals surface area contributed by atoms with Crippen LogP contribution in [-0.4, -0.2) is 42.8 Å². The van der Waals surface area contributed by atoms with Gasteiger partial charge in [-0.25, -0.2) is 14.6 Å². The van der Waals surface area contributed by atoms with Gasteiger partial charge in [-0.3, -0.25) is 4.79 Å². The Labute approximate surface area is 179 Å². The number of hydrogen-bond acceptors (Lipinski definition) is 9. The first-order valence-electron chi connectivity index (χ1n) is 9.45. The van der Waals surface area contributed by atoms with Crippen LogP contribution in [0.5, 0.6) is 5.95 Å². The Kier molecular flexibility index (Phi) is 8.00. The Hall–Kier alpha value is -3.56. The third kappa shape index (κ3) is 7.32. The molecule has 0 aliphatic heterocycles. The Morgan fingerprint density at radius 2 is 1.81 bits per heavy atom. The van der Waals surface area contributed by atoms with Gasteiger partial charge in [-0.2, -0.15) is 0 Å².